The van der Waals surface area contributed by atoms with Crippen molar-refractivity contribution in [2.24, 2.45) is 0 Å². The van der Waals surface area contributed by atoms with Crippen molar-refractivity contribution in [3.8, 4) is 28.3 Å². The third-order valence-electron chi connectivity index (χ3n) is 7.33. The van der Waals surface area contributed by atoms with E-state index in [0.717, 1.165) is 77.5 Å². The molecule has 0 atom stereocenters. The summed E-state index contributed by atoms with van der Waals surface area (Å²) in [6.07, 6.45) is 0.810. The van der Waals surface area contributed by atoms with Crippen LogP contribution in [0.2, 0.25) is 0 Å². The summed E-state index contributed by atoms with van der Waals surface area (Å²) in [4.78, 5) is 19.9. The highest BCUT2D eigenvalue weighted by molar-refractivity contribution is 6.05. The quantitative estimate of drug-likeness (QED) is 0.362. The second kappa shape index (κ2) is 9.85. The number of amides is 1. The zero-order valence-electron chi connectivity index (χ0n) is 22.8. The zero-order valence-corrected chi connectivity index (χ0v) is 22.8. The molecule has 3 heterocycles. The number of nitrogens with zero attached hydrogens (tertiary/aromatic N) is 3. The van der Waals surface area contributed by atoms with Crippen LogP contribution in [0.1, 0.15) is 41.2 Å². The van der Waals surface area contributed by atoms with Crippen molar-refractivity contribution in [3.05, 3.63) is 77.2 Å². The molecule has 0 aliphatic carbocycles. The first-order valence-corrected chi connectivity index (χ1v) is 13.4. The SMILES string of the molecule is Cc1nc(-c2ccc(-c3ccc(C(=O)Nc4cc5c(c(N6CCNCC6)c4)OC(C)(C)C5)cc3)c(C)c2)no1. The first-order chi connectivity index (χ1) is 18.8. The predicted molar refractivity (Wildman–Crippen MR) is 153 cm³/mol. The van der Waals surface area contributed by atoms with Crippen LogP contribution >= 0.6 is 0 Å². The van der Waals surface area contributed by atoms with Crippen molar-refractivity contribution in [1.82, 2.24) is 15.5 Å². The van der Waals surface area contributed by atoms with Crippen LogP contribution in [0.3, 0.4) is 0 Å². The summed E-state index contributed by atoms with van der Waals surface area (Å²) in [6, 6.07) is 17.9. The Bertz CT molecular complexity index is 1530. The van der Waals surface area contributed by atoms with E-state index in [-0.39, 0.29) is 11.5 Å². The Morgan fingerprint density at radius 2 is 1.74 bits per heavy atom. The summed E-state index contributed by atoms with van der Waals surface area (Å²) in [5.74, 6) is 1.93. The highest BCUT2D eigenvalue weighted by Crippen LogP contribution is 2.44. The van der Waals surface area contributed by atoms with Crippen LogP contribution in [0.25, 0.3) is 22.5 Å². The maximum absolute atomic E-state index is 13.3. The number of anilines is 2. The van der Waals surface area contributed by atoms with Crippen LogP contribution in [0.15, 0.2) is 59.1 Å². The lowest BCUT2D eigenvalue weighted by Crippen LogP contribution is -2.43. The molecule has 1 saturated heterocycles. The number of nitrogens with one attached hydrogen (secondary N) is 2. The molecular formula is C31H33N5O3. The van der Waals surface area contributed by atoms with Gasteiger partial charge in [-0.15, -0.1) is 0 Å². The number of hydrogen-bond donors (Lipinski definition) is 2. The summed E-state index contributed by atoms with van der Waals surface area (Å²) in [6.45, 7) is 11.7. The van der Waals surface area contributed by atoms with Gasteiger partial charge in [-0.1, -0.05) is 29.4 Å². The molecule has 1 aromatic heterocycles. The maximum Gasteiger partial charge on any atom is 0.255 e. The minimum Gasteiger partial charge on any atom is -0.485 e. The molecule has 0 saturated carbocycles. The second-order valence-electron chi connectivity index (χ2n) is 11.0. The number of aryl methyl sites for hydroxylation is 2. The van der Waals surface area contributed by atoms with E-state index in [1.54, 1.807) is 6.92 Å². The highest BCUT2D eigenvalue weighted by atomic mass is 16.5. The summed E-state index contributed by atoms with van der Waals surface area (Å²) in [5, 5.41) is 10.5. The van der Waals surface area contributed by atoms with Gasteiger partial charge in [0.25, 0.3) is 5.91 Å². The van der Waals surface area contributed by atoms with Gasteiger partial charge in [0.1, 0.15) is 11.4 Å². The standard InChI is InChI=1S/C31H33N5O3/c1-19-15-23(29-33-20(2)39-35-29)9-10-26(19)21-5-7-22(8-6-21)30(37)34-25-16-24-18-31(3,4)38-28(24)27(17-25)36-13-11-32-12-14-36/h5-10,15-17,32H,11-14,18H2,1-4H3,(H,34,37). The van der Waals surface area contributed by atoms with E-state index < -0.39 is 0 Å². The monoisotopic (exact) mass is 523 g/mol. The van der Waals surface area contributed by atoms with E-state index >= 15 is 0 Å². The number of fused-ring (bicyclic) bond motifs is 1. The van der Waals surface area contributed by atoms with Crippen LogP contribution in [0.4, 0.5) is 11.4 Å². The Balaban J connectivity index is 1.22. The van der Waals surface area contributed by atoms with Crippen LogP contribution < -0.4 is 20.3 Å². The van der Waals surface area contributed by atoms with Gasteiger partial charge in [-0.2, -0.15) is 4.98 Å². The number of rotatable bonds is 5. The fourth-order valence-corrected chi connectivity index (χ4v) is 5.45. The maximum atomic E-state index is 13.3. The molecule has 2 aliphatic rings. The van der Waals surface area contributed by atoms with Gasteiger partial charge >= 0.3 is 0 Å². The van der Waals surface area contributed by atoms with Gasteiger partial charge < -0.3 is 24.8 Å². The first-order valence-electron chi connectivity index (χ1n) is 13.4. The Morgan fingerprint density at radius 3 is 2.44 bits per heavy atom. The van der Waals surface area contributed by atoms with E-state index in [0.29, 0.717) is 17.3 Å². The summed E-state index contributed by atoms with van der Waals surface area (Å²) >= 11 is 0. The molecule has 0 unspecified atom stereocenters. The number of benzene rings is 3. The molecule has 0 spiro atoms. The minimum atomic E-state index is -0.260. The van der Waals surface area contributed by atoms with Crippen molar-refractivity contribution in [2.45, 2.75) is 39.7 Å². The van der Waals surface area contributed by atoms with E-state index in [1.807, 2.05) is 36.4 Å². The summed E-state index contributed by atoms with van der Waals surface area (Å²) < 4.78 is 11.4. The van der Waals surface area contributed by atoms with Crippen molar-refractivity contribution in [1.29, 1.82) is 0 Å². The van der Waals surface area contributed by atoms with Gasteiger partial charge in [-0.25, -0.2) is 0 Å². The molecule has 2 N–H and O–H groups in total. The Kier molecular flexibility index (Phi) is 6.35. The Morgan fingerprint density at radius 1 is 1.00 bits per heavy atom. The first kappa shape index (κ1) is 25.1. The molecule has 0 radical (unpaired) electrons. The normalized spacial score (nSPS) is 16.1. The summed E-state index contributed by atoms with van der Waals surface area (Å²) in [7, 11) is 0. The van der Waals surface area contributed by atoms with Crippen LogP contribution in [-0.4, -0.2) is 47.8 Å². The third-order valence-corrected chi connectivity index (χ3v) is 7.33. The van der Waals surface area contributed by atoms with Gasteiger partial charge in [-0.3, -0.25) is 4.79 Å². The largest absolute Gasteiger partial charge is 0.485 e. The number of aromatic nitrogens is 2. The lowest BCUT2D eigenvalue weighted by atomic mass is 9.97. The Hall–Kier alpha value is -4.17. The molecule has 6 rings (SSSR count). The lowest BCUT2D eigenvalue weighted by molar-refractivity contribution is 0.102. The van der Waals surface area contributed by atoms with Crippen molar-refractivity contribution < 1.29 is 14.1 Å². The zero-order chi connectivity index (χ0) is 27.1. The topological polar surface area (TPSA) is 92.5 Å². The second-order valence-corrected chi connectivity index (χ2v) is 11.0. The van der Waals surface area contributed by atoms with Crippen LogP contribution in [-0.2, 0) is 6.42 Å². The average molecular weight is 524 g/mol. The van der Waals surface area contributed by atoms with Crippen LogP contribution in [0, 0.1) is 13.8 Å². The van der Waals surface area contributed by atoms with E-state index in [9.17, 15) is 4.79 Å². The summed E-state index contributed by atoms with van der Waals surface area (Å²) in [5.41, 5.74) is 7.47. The lowest BCUT2D eigenvalue weighted by Gasteiger charge is -2.31. The van der Waals surface area contributed by atoms with E-state index in [1.165, 1.54) is 0 Å². The molecule has 39 heavy (non-hydrogen) atoms. The highest BCUT2D eigenvalue weighted by Gasteiger charge is 2.34. The van der Waals surface area contributed by atoms with Gasteiger partial charge in [0.2, 0.25) is 11.7 Å². The smallest absolute Gasteiger partial charge is 0.255 e. The van der Waals surface area contributed by atoms with Crippen molar-refractivity contribution in [2.75, 3.05) is 36.4 Å². The molecule has 200 valence electrons. The Labute approximate surface area is 228 Å². The molecule has 2 aliphatic heterocycles. The molecule has 0 bridgehead atoms. The van der Waals surface area contributed by atoms with Gasteiger partial charge in [0.15, 0.2) is 0 Å². The fourth-order valence-electron chi connectivity index (χ4n) is 5.45. The molecule has 4 aromatic rings. The van der Waals surface area contributed by atoms with E-state index in [2.05, 4.69) is 64.6 Å². The number of carbonyl (C=O) groups excluding carboxylic acids is 1. The predicted octanol–water partition coefficient (Wildman–Crippen LogP) is 5.40. The fraction of sp³-hybridized carbons (Fsp3) is 0.323. The number of piperazine rings is 1. The molecule has 3 aromatic carbocycles. The van der Waals surface area contributed by atoms with Gasteiger partial charge in [0, 0.05) is 61.9 Å². The average Bonchev–Trinajstić information content (AvgIpc) is 3.50. The number of carbonyl (C=O) groups is 1. The molecule has 8 heteroatoms. The third kappa shape index (κ3) is 5.12. The van der Waals surface area contributed by atoms with Gasteiger partial charge in [0.05, 0.1) is 5.69 Å². The van der Waals surface area contributed by atoms with Crippen molar-refractivity contribution >= 4 is 17.3 Å². The molecule has 1 fully saturated rings. The molecular weight excluding hydrogens is 490 g/mol. The number of ether oxygens (including phenoxy) is 1. The minimum absolute atomic E-state index is 0.134. The van der Waals surface area contributed by atoms with Crippen LogP contribution in [0.5, 0.6) is 5.75 Å². The molecule has 8 nitrogen and oxygen atoms in total. The van der Waals surface area contributed by atoms with Crippen molar-refractivity contribution in [3.63, 3.8) is 0 Å². The van der Waals surface area contributed by atoms with E-state index in [4.69, 9.17) is 9.26 Å². The molecule has 1 amide bonds. The number of hydrogen-bond acceptors (Lipinski definition) is 7. The van der Waals surface area contributed by atoms with Gasteiger partial charge in [-0.05, 0) is 67.8 Å².